The molecule has 0 amide bonds. The molecule has 4 heteroatoms. The van der Waals surface area contributed by atoms with E-state index in [0.29, 0.717) is 13.0 Å². The fraction of sp³-hybridized carbons (Fsp3) is 0.778. The Kier molecular flexibility index (Phi) is 3.01. The second-order valence-electron chi connectivity index (χ2n) is 3.51. The minimum Gasteiger partial charge on any atom is -0.374 e. The van der Waals surface area contributed by atoms with Crippen molar-refractivity contribution in [3.63, 3.8) is 0 Å². The lowest BCUT2D eigenvalue weighted by molar-refractivity contribution is -0.117. The number of hydrogen-bond acceptors (Lipinski definition) is 1. The third-order valence-corrected chi connectivity index (χ3v) is 2.30. The second-order valence-corrected chi connectivity index (χ2v) is 3.51. The van der Waals surface area contributed by atoms with Crippen LogP contribution >= 0.6 is 0 Å². The van der Waals surface area contributed by atoms with Gasteiger partial charge in [0.15, 0.2) is 0 Å². The van der Waals surface area contributed by atoms with Crippen molar-refractivity contribution < 1.29 is 17.9 Å². The Hall–Kier alpha value is -0.510. The molecule has 0 saturated carbocycles. The molecular weight excluding hydrogens is 181 g/mol. The summed E-state index contributed by atoms with van der Waals surface area (Å²) in [6.07, 6.45) is -3.88. The Balaban J connectivity index is 2.56. The van der Waals surface area contributed by atoms with Gasteiger partial charge in [0.2, 0.25) is 0 Å². The first-order valence-electron chi connectivity index (χ1n) is 4.29. The molecule has 0 aromatic carbocycles. The van der Waals surface area contributed by atoms with Crippen LogP contribution in [-0.4, -0.2) is 18.9 Å². The molecule has 1 rings (SSSR count). The Bertz CT molecular complexity index is 198. The highest BCUT2D eigenvalue weighted by Gasteiger charge is 2.39. The zero-order chi connectivity index (χ0) is 10.1. The molecule has 1 aliphatic heterocycles. The molecule has 0 aliphatic carbocycles. The molecule has 0 spiro atoms. The van der Waals surface area contributed by atoms with E-state index in [4.69, 9.17) is 4.74 Å². The minimum atomic E-state index is -4.32. The predicted molar refractivity (Wildman–Crippen MR) is 43.3 cm³/mol. The normalized spacial score (nSPS) is 30.2. The van der Waals surface area contributed by atoms with E-state index in [-0.39, 0.29) is 5.92 Å². The van der Waals surface area contributed by atoms with Crippen molar-refractivity contribution in [2.45, 2.75) is 32.0 Å². The quantitative estimate of drug-likeness (QED) is 0.583. The number of alkyl halides is 3. The first-order valence-corrected chi connectivity index (χ1v) is 4.29. The number of rotatable bonds is 1. The molecular formula is C9H13F3O. The summed E-state index contributed by atoms with van der Waals surface area (Å²) in [7, 11) is 0. The maximum Gasteiger partial charge on any atom is 0.414 e. The van der Waals surface area contributed by atoms with Crippen molar-refractivity contribution in [2.24, 2.45) is 5.92 Å². The van der Waals surface area contributed by atoms with Gasteiger partial charge in [-0.3, -0.25) is 0 Å². The van der Waals surface area contributed by atoms with Gasteiger partial charge in [-0.1, -0.05) is 13.5 Å². The summed E-state index contributed by atoms with van der Waals surface area (Å²) in [6.45, 7) is 5.37. The highest BCUT2D eigenvalue weighted by atomic mass is 19.4. The van der Waals surface area contributed by atoms with Gasteiger partial charge in [0.05, 0.1) is 11.7 Å². The van der Waals surface area contributed by atoms with Gasteiger partial charge >= 0.3 is 6.18 Å². The summed E-state index contributed by atoms with van der Waals surface area (Å²) in [5.41, 5.74) is -0.751. The van der Waals surface area contributed by atoms with Gasteiger partial charge in [-0.2, -0.15) is 13.2 Å². The largest absolute Gasteiger partial charge is 0.414 e. The highest BCUT2D eigenvalue weighted by molar-refractivity contribution is 5.10. The van der Waals surface area contributed by atoms with Crippen molar-refractivity contribution in [1.82, 2.24) is 0 Å². The molecule has 1 nitrogen and oxygen atoms in total. The predicted octanol–water partition coefficient (Wildman–Crippen LogP) is 2.92. The van der Waals surface area contributed by atoms with Crippen LogP contribution in [0.1, 0.15) is 19.8 Å². The minimum absolute atomic E-state index is 0.290. The maximum atomic E-state index is 12.2. The molecule has 13 heavy (non-hydrogen) atoms. The second kappa shape index (κ2) is 3.70. The van der Waals surface area contributed by atoms with E-state index in [9.17, 15) is 13.2 Å². The molecule has 1 heterocycles. The topological polar surface area (TPSA) is 9.23 Å². The van der Waals surface area contributed by atoms with E-state index in [1.54, 1.807) is 0 Å². The Morgan fingerprint density at radius 2 is 2.08 bits per heavy atom. The van der Waals surface area contributed by atoms with Crippen LogP contribution in [0.15, 0.2) is 12.2 Å². The van der Waals surface area contributed by atoms with Crippen LogP contribution in [-0.2, 0) is 4.74 Å². The maximum absolute atomic E-state index is 12.2. The number of halogens is 3. The van der Waals surface area contributed by atoms with Crippen molar-refractivity contribution in [2.75, 3.05) is 6.61 Å². The van der Waals surface area contributed by atoms with E-state index >= 15 is 0 Å². The van der Waals surface area contributed by atoms with Crippen LogP contribution in [0, 0.1) is 5.92 Å². The van der Waals surface area contributed by atoms with Gasteiger partial charge in [0, 0.05) is 6.61 Å². The molecule has 1 fully saturated rings. The van der Waals surface area contributed by atoms with Crippen molar-refractivity contribution >= 4 is 0 Å². The molecule has 1 saturated heterocycles. The first-order chi connectivity index (χ1) is 5.91. The lowest BCUT2D eigenvalue weighted by Gasteiger charge is -2.29. The van der Waals surface area contributed by atoms with Gasteiger partial charge in [-0.05, 0) is 18.8 Å². The molecule has 2 atom stereocenters. The molecule has 76 valence electrons. The SMILES string of the molecule is C=C(C1CC(C)CCO1)C(F)(F)F. The lowest BCUT2D eigenvalue weighted by atomic mass is 9.94. The first kappa shape index (κ1) is 10.6. The highest BCUT2D eigenvalue weighted by Crippen LogP contribution is 2.33. The zero-order valence-electron chi connectivity index (χ0n) is 7.53. The van der Waals surface area contributed by atoms with Crippen molar-refractivity contribution in [1.29, 1.82) is 0 Å². The van der Waals surface area contributed by atoms with E-state index in [0.717, 1.165) is 6.42 Å². The van der Waals surface area contributed by atoms with E-state index in [1.165, 1.54) is 0 Å². The Morgan fingerprint density at radius 3 is 2.54 bits per heavy atom. The summed E-state index contributed by atoms with van der Waals surface area (Å²) < 4.78 is 41.6. The molecule has 0 N–H and O–H groups in total. The molecule has 0 aromatic heterocycles. The standard InChI is InChI=1S/C9H13F3O/c1-6-3-4-13-8(5-6)7(2)9(10,11)12/h6,8H,2-5H2,1H3. The summed E-state index contributed by atoms with van der Waals surface area (Å²) in [5.74, 6) is 0.290. The lowest BCUT2D eigenvalue weighted by Crippen LogP contribution is -2.31. The Morgan fingerprint density at radius 1 is 1.46 bits per heavy atom. The fourth-order valence-electron chi connectivity index (χ4n) is 1.39. The molecule has 0 bridgehead atoms. The van der Waals surface area contributed by atoms with Crippen LogP contribution in [0.2, 0.25) is 0 Å². The molecule has 0 radical (unpaired) electrons. The van der Waals surface area contributed by atoms with Crippen LogP contribution in [0.25, 0.3) is 0 Å². The van der Waals surface area contributed by atoms with Crippen LogP contribution in [0.5, 0.6) is 0 Å². The van der Waals surface area contributed by atoms with Gasteiger partial charge in [-0.25, -0.2) is 0 Å². The van der Waals surface area contributed by atoms with Crippen molar-refractivity contribution in [3.05, 3.63) is 12.2 Å². The third kappa shape index (κ3) is 2.72. The Labute approximate surface area is 75.6 Å². The van der Waals surface area contributed by atoms with Gasteiger partial charge in [-0.15, -0.1) is 0 Å². The molecule has 2 unspecified atom stereocenters. The van der Waals surface area contributed by atoms with E-state index < -0.39 is 17.9 Å². The average molecular weight is 194 g/mol. The number of hydrogen-bond donors (Lipinski definition) is 0. The van der Waals surface area contributed by atoms with E-state index in [2.05, 4.69) is 6.58 Å². The zero-order valence-corrected chi connectivity index (χ0v) is 7.53. The molecule has 0 aromatic rings. The summed E-state index contributed by atoms with van der Waals surface area (Å²) in [4.78, 5) is 0. The van der Waals surface area contributed by atoms with Crippen molar-refractivity contribution in [3.8, 4) is 0 Å². The smallest absolute Gasteiger partial charge is 0.374 e. The van der Waals surface area contributed by atoms with Crippen LogP contribution in [0.4, 0.5) is 13.2 Å². The van der Waals surface area contributed by atoms with Gasteiger partial charge in [0.1, 0.15) is 0 Å². The van der Waals surface area contributed by atoms with E-state index in [1.807, 2.05) is 6.92 Å². The summed E-state index contributed by atoms with van der Waals surface area (Å²) >= 11 is 0. The fourth-order valence-corrected chi connectivity index (χ4v) is 1.39. The van der Waals surface area contributed by atoms with Crippen LogP contribution in [0.3, 0.4) is 0 Å². The molecule has 1 aliphatic rings. The van der Waals surface area contributed by atoms with Gasteiger partial charge in [0.25, 0.3) is 0 Å². The number of ether oxygens (including phenoxy) is 1. The van der Waals surface area contributed by atoms with Crippen LogP contribution < -0.4 is 0 Å². The third-order valence-electron chi connectivity index (χ3n) is 2.30. The monoisotopic (exact) mass is 194 g/mol. The average Bonchev–Trinajstić information content (AvgIpc) is 2.01. The summed E-state index contributed by atoms with van der Waals surface area (Å²) in [6, 6.07) is 0. The summed E-state index contributed by atoms with van der Waals surface area (Å²) in [5, 5.41) is 0. The van der Waals surface area contributed by atoms with Gasteiger partial charge < -0.3 is 4.74 Å².